The van der Waals surface area contributed by atoms with Crippen molar-refractivity contribution in [1.82, 2.24) is 9.36 Å². The monoisotopic (exact) mass is 117 g/mol. The van der Waals surface area contributed by atoms with Gasteiger partial charge in [-0.05, 0) is 23.8 Å². The molecule has 0 atom stereocenters. The van der Waals surface area contributed by atoms with E-state index in [-0.39, 0.29) is 0 Å². The van der Waals surface area contributed by atoms with Gasteiger partial charge in [0.1, 0.15) is 0 Å². The van der Waals surface area contributed by atoms with Crippen molar-refractivity contribution >= 4 is 23.8 Å². The summed E-state index contributed by atoms with van der Waals surface area (Å²) in [5, 5.41) is 0. The second kappa shape index (κ2) is 1.49. The van der Waals surface area contributed by atoms with Gasteiger partial charge in [-0.2, -0.15) is 0 Å². The molecular formula is C2HN2S2. The van der Waals surface area contributed by atoms with Gasteiger partial charge in [0.15, 0.2) is 10.3 Å². The van der Waals surface area contributed by atoms with Gasteiger partial charge in [-0.25, -0.2) is 4.98 Å². The smallest absolute Gasteiger partial charge is 0.198 e. The maximum atomic E-state index is 4.59. The van der Waals surface area contributed by atoms with Crippen LogP contribution in [0.2, 0.25) is 0 Å². The van der Waals surface area contributed by atoms with Crippen LogP contribution in [0.1, 0.15) is 0 Å². The molecule has 1 rings (SSSR count). The molecule has 0 aliphatic rings. The Morgan fingerprint density at radius 3 is 3.00 bits per heavy atom. The molecule has 0 aliphatic carbocycles. The third-order valence-electron chi connectivity index (χ3n) is 0.331. The standard InChI is InChI=1S/C2HN2S2/c5-2-3-1-4-6-2/h(H,3,4,5). The number of aromatic amines is 1. The van der Waals surface area contributed by atoms with Gasteiger partial charge in [-0.3, -0.25) is 4.37 Å². The van der Waals surface area contributed by atoms with Gasteiger partial charge >= 0.3 is 0 Å². The summed E-state index contributed by atoms with van der Waals surface area (Å²) in [6.45, 7) is 0. The van der Waals surface area contributed by atoms with E-state index in [0.29, 0.717) is 3.95 Å². The van der Waals surface area contributed by atoms with Gasteiger partial charge in [0.25, 0.3) is 0 Å². The zero-order valence-electron chi connectivity index (χ0n) is 2.76. The fraction of sp³-hybridized carbons (Fsp3) is 0. The average molecular weight is 117 g/mol. The Morgan fingerprint density at radius 1 is 2.00 bits per heavy atom. The summed E-state index contributed by atoms with van der Waals surface area (Å²) in [5.41, 5.74) is 0. The van der Waals surface area contributed by atoms with Gasteiger partial charge in [0.05, 0.1) is 0 Å². The van der Waals surface area contributed by atoms with Crippen LogP contribution in [0.3, 0.4) is 0 Å². The minimum atomic E-state index is 0.606. The van der Waals surface area contributed by atoms with Crippen LogP contribution in [-0.2, 0) is 0 Å². The van der Waals surface area contributed by atoms with Crippen molar-refractivity contribution in [1.29, 1.82) is 0 Å². The number of nitrogens with one attached hydrogen (secondary N) is 1. The molecule has 1 radical (unpaired) electrons. The molecule has 0 aliphatic heterocycles. The third-order valence-corrected chi connectivity index (χ3v) is 1.13. The number of rotatable bonds is 0. The molecule has 0 fully saturated rings. The highest BCUT2D eigenvalue weighted by molar-refractivity contribution is 7.73. The SMILES string of the molecule is S=c1n[c][nH]s1. The molecular weight excluding hydrogens is 116 g/mol. The van der Waals surface area contributed by atoms with E-state index in [0.717, 1.165) is 0 Å². The van der Waals surface area contributed by atoms with Gasteiger partial charge in [-0.15, -0.1) is 0 Å². The number of hydrogen-bond donors (Lipinski definition) is 1. The molecule has 6 heavy (non-hydrogen) atoms. The predicted molar refractivity (Wildman–Crippen MR) is 26.1 cm³/mol. The predicted octanol–water partition coefficient (Wildman–Crippen LogP) is 1.00. The van der Waals surface area contributed by atoms with Crippen molar-refractivity contribution in [2.75, 3.05) is 0 Å². The summed E-state index contributed by atoms with van der Waals surface area (Å²) in [6.07, 6.45) is 2.47. The fourth-order valence-corrected chi connectivity index (χ4v) is 0.598. The summed E-state index contributed by atoms with van der Waals surface area (Å²) in [4.78, 5) is 3.57. The topological polar surface area (TPSA) is 28.7 Å². The number of hydrogen-bond acceptors (Lipinski definition) is 3. The molecule has 1 aromatic rings. The number of H-pyrrole nitrogens is 1. The zero-order chi connectivity index (χ0) is 4.41. The van der Waals surface area contributed by atoms with Crippen LogP contribution in [0.15, 0.2) is 0 Å². The molecule has 0 saturated carbocycles. The maximum absolute atomic E-state index is 4.59. The summed E-state index contributed by atoms with van der Waals surface area (Å²) >= 11 is 5.89. The average Bonchev–Trinajstić information content (AvgIpc) is 1.86. The Morgan fingerprint density at radius 2 is 2.83 bits per heavy atom. The fourth-order valence-electron chi connectivity index (χ4n) is 0.158. The summed E-state index contributed by atoms with van der Waals surface area (Å²) in [5.74, 6) is 0. The van der Waals surface area contributed by atoms with Crippen molar-refractivity contribution < 1.29 is 0 Å². The Kier molecular flexibility index (Phi) is 0.979. The van der Waals surface area contributed by atoms with Gasteiger partial charge < -0.3 is 0 Å². The molecule has 1 N–H and O–H groups in total. The van der Waals surface area contributed by atoms with Crippen LogP contribution < -0.4 is 0 Å². The molecule has 2 nitrogen and oxygen atoms in total. The van der Waals surface area contributed by atoms with Crippen LogP contribution in [-0.4, -0.2) is 9.36 Å². The van der Waals surface area contributed by atoms with E-state index in [1.165, 1.54) is 11.5 Å². The van der Waals surface area contributed by atoms with E-state index >= 15 is 0 Å². The molecule has 1 heterocycles. The lowest BCUT2D eigenvalue weighted by atomic mass is 11.3. The van der Waals surface area contributed by atoms with Crippen molar-refractivity contribution in [3.63, 3.8) is 0 Å². The van der Waals surface area contributed by atoms with Crippen molar-refractivity contribution in [2.24, 2.45) is 0 Å². The molecule has 0 bridgehead atoms. The number of nitrogens with zero attached hydrogens (tertiary/aromatic N) is 1. The van der Waals surface area contributed by atoms with Crippen LogP contribution in [0.25, 0.3) is 0 Å². The maximum Gasteiger partial charge on any atom is 0.198 e. The minimum absolute atomic E-state index is 0.606. The van der Waals surface area contributed by atoms with Crippen LogP contribution in [0, 0.1) is 10.3 Å². The van der Waals surface area contributed by atoms with Crippen molar-refractivity contribution in [2.45, 2.75) is 0 Å². The highest BCUT2D eigenvalue weighted by atomic mass is 32.2. The molecule has 0 aromatic carbocycles. The van der Waals surface area contributed by atoms with Crippen molar-refractivity contribution in [3.05, 3.63) is 10.3 Å². The number of aromatic nitrogens is 2. The van der Waals surface area contributed by atoms with Gasteiger partial charge in [0.2, 0.25) is 0 Å². The van der Waals surface area contributed by atoms with E-state index < -0.39 is 0 Å². The second-order valence-corrected chi connectivity index (χ2v) is 2.13. The zero-order valence-corrected chi connectivity index (χ0v) is 4.40. The second-order valence-electron chi connectivity index (χ2n) is 0.694. The lowest BCUT2D eigenvalue weighted by Gasteiger charge is -1.46. The Labute approximate surface area is 44.0 Å². The lowest BCUT2D eigenvalue weighted by molar-refractivity contribution is 1.29. The largest absolute Gasteiger partial charge is 0.290 e. The molecule has 0 amide bonds. The molecule has 4 heteroatoms. The lowest BCUT2D eigenvalue weighted by Crippen LogP contribution is -1.49. The molecule has 31 valence electrons. The molecule has 0 saturated heterocycles. The van der Waals surface area contributed by atoms with Gasteiger partial charge in [0, 0.05) is 0 Å². The van der Waals surface area contributed by atoms with Crippen LogP contribution in [0.4, 0.5) is 0 Å². The minimum Gasteiger partial charge on any atom is -0.290 e. The van der Waals surface area contributed by atoms with Gasteiger partial charge in [-0.1, -0.05) is 0 Å². The first kappa shape index (κ1) is 3.95. The molecule has 1 aromatic heterocycles. The van der Waals surface area contributed by atoms with E-state index in [1.807, 2.05) is 0 Å². The summed E-state index contributed by atoms with van der Waals surface area (Å²) in [6, 6.07) is 0. The highest BCUT2D eigenvalue weighted by Gasteiger charge is 1.71. The quantitative estimate of drug-likeness (QED) is 0.513. The first-order chi connectivity index (χ1) is 2.89. The molecule has 0 unspecified atom stereocenters. The van der Waals surface area contributed by atoms with E-state index in [2.05, 4.69) is 27.9 Å². The van der Waals surface area contributed by atoms with E-state index in [9.17, 15) is 0 Å². The van der Waals surface area contributed by atoms with E-state index in [1.54, 1.807) is 0 Å². The van der Waals surface area contributed by atoms with E-state index in [4.69, 9.17) is 0 Å². The summed E-state index contributed by atoms with van der Waals surface area (Å²) in [7, 11) is 0. The van der Waals surface area contributed by atoms with Crippen molar-refractivity contribution in [3.8, 4) is 0 Å². The normalized spacial score (nSPS) is 8.67. The van der Waals surface area contributed by atoms with Crippen LogP contribution >= 0.6 is 23.8 Å². The highest BCUT2D eigenvalue weighted by Crippen LogP contribution is 1.85. The van der Waals surface area contributed by atoms with Crippen LogP contribution in [0.5, 0.6) is 0 Å². The Bertz CT molecular complexity index is 147. The first-order valence-electron chi connectivity index (χ1n) is 1.31. The summed E-state index contributed by atoms with van der Waals surface area (Å²) < 4.78 is 3.24. The Balaban J connectivity index is 3.41. The molecule has 0 spiro atoms. The Hall–Kier alpha value is -0.220. The first-order valence-corrected chi connectivity index (χ1v) is 2.53. The third kappa shape index (κ3) is 0.636.